The van der Waals surface area contributed by atoms with Crippen LogP contribution in [0.15, 0.2) is 30.6 Å². The quantitative estimate of drug-likeness (QED) is 0.428. The zero-order valence-corrected chi connectivity index (χ0v) is 19.3. The van der Waals surface area contributed by atoms with Gasteiger partial charge in [-0.15, -0.1) is 0 Å². The predicted octanol–water partition coefficient (Wildman–Crippen LogP) is 5.67. The van der Waals surface area contributed by atoms with Crippen molar-refractivity contribution in [3.05, 3.63) is 64.4 Å². The Morgan fingerprint density at radius 2 is 1.97 bits per heavy atom. The Morgan fingerprint density at radius 1 is 1.19 bits per heavy atom. The van der Waals surface area contributed by atoms with E-state index < -0.39 is 0 Å². The van der Waals surface area contributed by atoms with Gasteiger partial charge in [0.2, 0.25) is 0 Å². The number of nitrogens with one attached hydrogen (secondary N) is 1. The number of hydrogen-bond acceptors (Lipinski definition) is 3. The van der Waals surface area contributed by atoms with Crippen LogP contribution in [-0.2, 0) is 0 Å². The summed E-state index contributed by atoms with van der Waals surface area (Å²) in [6.45, 7) is 18.4. The number of rotatable bonds is 4. The first-order chi connectivity index (χ1) is 15.5. The van der Waals surface area contributed by atoms with Crippen molar-refractivity contribution in [2.75, 3.05) is 19.8 Å². The fourth-order valence-corrected chi connectivity index (χ4v) is 5.31. The van der Waals surface area contributed by atoms with Crippen LogP contribution in [0.1, 0.15) is 60.9 Å². The summed E-state index contributed by atoms with van der Waals surface area (Å²) in [5, 5.41) is 5.78. The van der Waals surface area contributed by atoms with Crippen molar-refractivity contribution in [2.24, 2.45) is 0 Å². The van der Waals surface area contributed by atoms with Gasteiger partial charge in [-0.2, -0.15) is 5.10 Å². The minimum absolute atomic E-state index is 0.390. The van der Waals surface area contributed by atoms with Crippen LogP contribution in [0, 0.1) is 20.4 Å². The number of fused-ring (bicyclic) bond motifs is 2. The molecule has 1 aliphatic rings. The molecule has 5 rings (SSSR count). The van der Waals surface area contributed by atoms with E-state index in [4.69, 9.17) is 6.57 Å². The molecule has 0 bridgehead atoms. The van der Waals surface area contributed by atoms with Gasteiger partial charge in [0.1, 0.15) is 6.33 Å². The first-order valence-electron chi connectivity index (χ1n) is 11.5. The summed E-state index contributed by atoms with van der Waals surface area (Å²) < 4.78 is 1.95. The molecule has 1 aromatic carbocycles. The van der Waals surface area contributed by atoms with E-state index >= 15 is 0 Å². The lowest BCUT2D eigenvalue weighted by atomic mass is 9.87. The van der Waals surface area contributed by atoms with Crippen LogP contribution in [0.3, 0.4) is 0 Å². The highest BCUT2D eigenvalue weighted by Crippen LogP contribution is 2.39. The molecule has 0 aliphatic carbocycles. The molecule has 6 nitrogen and oxygen atoms in total. The topological polar surface area (TPSA) is 53.6 Å². The molecule has 0 unspecified atom stereocenters. The number of piperidine rings is 1. The number of pyridine rings is 1. The van der Waals surface area contributed by atoms with Gasteiger partial charge in [-0.05, 0) is 73.4 Å². The Bertz CT molecular complexity index is 1330. The van der Waals surface area contributed by atoms with E-state index in [1.165, 1.54) is 33.3 Å². The number of aryl methyl sites for hydroxylation is 2. The average molecular weight is 427 g/mol. The number of benzene rings is 1. The molecule has 0 saturated carbocycles. The molecule has 6 heteroatoms. The van der Waals surface area contributed by atoms with Gasteiger partial charge in [0, 0.05) is 29.6 Å². The van der Waals surface area contributed by atoms with E-state index in [9.17, 15) is 0 Å². The molecule has 1 saturated heterocycles. The maximum Gasteiger partial charge on any atom is 0.270 e. The molecule has 1 N–H and O–H groups in total. The van der Waals surface area contributed by atoms with E-state index in [0.717, 1.165) is 42.8 Å². The summed E-state index contributed by atoms with van der Waals surface area (Å²) in [5.41, 5.74) is 9.51. The lowest BCUT2D eigenvalue weighted by Gasteiger charge is -2.28. The lowest BCUT2D eigenvalue weighted by molar-refractivity contribution is 0.232. The van der Waals surface area contributed by atoms with Gasteiger partial charge in [0.05, 0.1) is 11.4 Å². The SMILES string of the molecule is [C-]#[N+]CN1CCC(c2ccc3[nH]c(-c4cc(C)c5ncnn5c4C)c(C(C)C)c3c2)CC1. The van der Waals surface area contributed by atoms with Crippen LogP contribution in [0.4, 0.5) is 0 Å². The second-order valence-electron chi connectivity index (χ2n) is 9.39. The maximum atomic E-state index is 7.12. The molecule has 0 spiro atoms. The monoisotopic (exact) mass is 426 g/mol. The highest BCUT2D eigenvalue weighted by atomic mass is 15.3. The molecule has 1 fully saturated rings. The summed E-state index contributed by atoms with van der Waals surface area (Å²) >= 11 is 0. The maximum absolute atomic E-state index is 7.12. The third-order valence-electron chi connectivity index (χ3n) is 7.01. The molecule has 0 radical (unpaired) electrons. The minimum atomic E-state index is 0.390. The Hall–Kier alpha value is -3.17. The molecule has 4 heterocycles. The fourth-order valence-electron chi connectivity index (χ4n) is 5.31. The van der Waals surface area contributed by atoms with Crippen molar-refractivity contribution in [1.29, 1.82) is 0 Å². The largest absolute Gasteiger partial charge is 0.354 e. The summed E-state index contributed by atoms with van der Waals surface area (Å²) in [4.78, 5) is 14.0. The van der Waals surface area contributed by atoms with Gasteiger partial charge in [0.15, 0.2) is 5.65 Å². The van der Waals surface area contributed by atoms with E-state index in [-0.39, 0.29) is 0 Å². The molecule has 0 atom stereocenters. The number of hydrogen-bond donors (Lipinski definition) is 1. The van der Waals surface area contributed by atoms with E-state index in [0.29, 0.717) is 18.5 Å². The molecular weight excluding hydrogens is 396 g/mol. The summed E-state index contributed by atoms with van der Waals surface area (Å²) in [6, 6.07) is 9.20. The Labute approximate surface area is 189 Å². The number of H-pyrrole nitrogens is 1. The molecule has 32 heavy (non-hydrogen) atoms. The number of aromatic nitrogens is 4. The second kappa shape index (κ2) is 8.07. The average Bonchev–Trinajstić information content (AvgIpc) is 3.42. The highest BCUT2D eigenvalue weighted by molar-refractivity contribution is 5.92. The van der Waals surface area contributed by atoms with Crippen LogP contribution in [-0.4, -0.2) is 44.2 Å². The Kier molecular flexibility index (Phi) is 5.22. The highest BCUT2D eigenvalue weighted by Gasteiger charge is 2.24. The van der Waals surface area contributed by atoms with Gasteiger partial charge in [0.25, 0.3) is 6.67 Å². The van der Waals surface area contributed by atoms with Crippen molar-refractivity contribution >= 4 is 16.6 Å². The molecule has 0 amide bonds. The molecule has 1 aliphatic heterocycles. The number of aromatic amines is 1. The van der Waals surface area contributed by atoms with Crippen molar-refractivity contribution < 1.29 is 0 Å². The molecular formula is C26H30N6. The van der Waals surface area contributed by atoms with Crippen LogP contribution in [0.25, 0.3) is 32.7 Å². The number of likely N-dealkylation sites (tertiary alicyclic amines) is 1. The van der Waals surface area contributed by atoms with Gasteiger partial charge < -0.3 is 4.98 Å². The van der Waals surface area contributed by atoms with Crippen molar-refractivity contribution in [2.45, 2.75) is 52.4 Å². The molecule has 3 aromatic heterocycles. The summed E-state index contributed by atoms with van der Waals surface area (Å²) in [7, 11) is 0. The van der Waals surface area contributed by atoms with Crippen molar-refractivity contribution in [1.82, 2.24) is 24.5 Å². The summed E-state index contributed by atoms with van der Waals surface area (Å²) in [6.07, 6.45) is 3.87. The van der Waals surface area contributed by atoms with Crippen molar-refractivity contribution in [3.8, 4) is 11.3 Å². The normalized spacial score (nSPS) is 15.8. The minimum Gasteiger partial charge on any atom is -0.354 e. The molecule has 164 valence electrons. The van der Waals surface area contributed by atoms with Gasteiger partial charge in [-0.25, -0.2) is 21.0 Å². The van der Waals surface area contributed by atoms with Crippen LogP contribution in [0.2, 0.25) is 0 Å². The number of nitrogens with zero attached hydrogens (tertiary/aromatic N) is 5. The zero-order chi connectivity index (χ0) is 22.4. The molecule has 4 aromatic rings. The lowest BCUT2D eigenvalue weighted by Crippen LogP contribution is -2.32. The smallest absolute Gasteiger partial charge is 0.270 e. The summed E-state index contributed by atoms with van der Waals surface area (Å²) in [5.74, 6) is 0.955. The third-order valence-corrected chi connectivity index (χ3v) is 7.01. The predicted molar refractivity (Wildman–Crippen MR) is 129 cm³/mol. The van der Waals surface area contributed by atoms with Crippen LogP contribution >= 0.6 is 0 Å². The first kappa shape index (κ1) is 20.7. The van der Waals surface area contributed by atoms with Crippen LogP contribution in [0.5, 0.6) is 0 Å². The van der Waals surface area contributed by atoms with E-state index in [1.807, 2.05) is 4.52 Å². The Morgan fingerprint density at radius 3 is 2.69 bits per heavy atom. The van der Waals surface area contributed by atoms with Crippen LogP contribution < -0.4 is 0 Å². The van der Waals surface area contributed by atoms with Gasteiger partial charge in [-0.3, -0.25) is 4.85 Å². The van der Waals surface area contributed by atoms with E-state index in [1.54, 1.807) is 6.33 Å². The third kappa shape index (κ3) is 3.37. The zero-order valence-electron chi connectivity index (χ0n) is 19.3. The first-order valence-corrected chi connectivity index (χ1v) is 11.5. The van der Waals surface area contributed by atoms with Crippen molar-refractivity contribution in [3.63, 3.8) is 0 Å². The standard InChI is InChI=1S/C26H30N6/c1-16(2)24-22-13-20(19-8-10-31(11-9-19)15-27-5)6-7-23(22)30-25(24)21-12-17(3)26-28-14-29-32(26)18(21)4/h6-7,12-14,16,19,30H,8-11,15H2,1-4H3. The van der Waals surface area contributed by atoms with E-state index in [2.05, 4.69) is 76.8 Å². The Balaban J connectivity index is 1.60. The van der Waals surface area contributed by atoms with Gasteiger partial charge in [-0.1, -0.05) is 19.9 Å². The van der Waals surface area contributed by atoms with Gasteiger partial charge >= 0.3 is 0 Å². The fraction of sp³-hybridized carbons (Fsp3) is 0.423. The second-order valence-corrected chi connectivity index (χ2v) is 9.39.